The maximum atomic E-state index is 2.33. The summed E-state index contributed by atoms with van der Waals surface area (Å²) in [6.07, 6.45) is 0. The molecule has 4 aromatic rings. The van der Waals surface area contributed by atoms with Gasteiger partial charge in [-0.15, -0.1) is 0 Å². The van der Waals surface area contributed by atoms with E-state index in [0.717, 1.165) is 0 Å². The van der Waals surface area contributed by atoms with Crippen molar-refractivity contribution in [1.29, 1.82) is 0 Å². The third-order valence-electron chi connectivity index (χ3n) is 4.57. The van der Waals surface area contributed by atoms with Crippen molar-refractivity contribution in [2.45, 2.75) is 13.8 Å². The third kappa shape index (κ3) is 1.44. The van der Waals surface area contributed by atoms with Crippen LogP contribution in [0.5, 0.6) is 0 Å². The van der Waals surface area contributed by atoms with Crippen LogP contribution in [0.1, 0.15) is 11.3 Å². The Bertz CT molecular complexity index is 973. The number of aromatic nitrogens is 1. The molecule has 20 heavy (non-hydrogen) atoms. The molecule has 4 rings (SSSR count). The minimum atomic E-state index is 1.30. The molecule has 0 amide bonds. The van der Waals surface area contributed by atoms with Crippen molar-refractivity contribution in [3.8, 4) is 0 Å². The fraction of sp³-hybridized carbons (Fsp3) is 0.158. The second-order valence-electron chi connectivity index (χ2n) is 5.70. The standard InChI is InChI=1S/C19H17N/c1-12-8-16-10-18-15(11-19(16)20(3)13(12)2)9-14-6-4-5-7-17(14)18/h4-11H,1-3H3. The summed E-state index contributed by atoms with van der Waals surface area (Å²) in [4.78, 5) is 0. The topological polar surface area (TPSA) is 4.93 Å². The molecular formula is C19H17N. The molecule has 0 atom stereocenters. The second-order valence-corrected chi connectivity index (χ2v) is 5.70. The van der Waals surface area contributed by atoms with Crippen molar-refractivity contribution in [2.75, 3.05) is 0 Å². The summed E-state index contributed by atoms with van der Waals surface area (Å²) < 4.78 is 2.29. The van der Waals surface area contributed by atoms with E-state index in [4.69, 9.17) is 0 Å². The van der Waals surface area contributed by atoms with Crippen LogP contribution < -0.4 is 0 Å². The molecule has 1 heterocycles. The van der Waals surface area contributed by atoms with Crippen molar-refractivity contribution in [3.05, 3.63) is 59.8 Å². The van der Waals surface area contributed by atoms with Gasteiger partial charge in [0.15, 0.2) is 0 Å². The maximum absolute atomic E-state index is 2.33. The Kier molecular flexibility index (Phi) is 2.23. The predicted molar refractivity (Wildman–Crippen MR) is 87.4 cm³/mol. The molecule has 0 saturated carbocycles. The van der Waals surface area contributed by atoms with Gasteiger partial charge < -0.3 is 4.57 Å². The number of hydrogen-bond acceptors (Lipinski definition) is 0. The van der Waals surface area contributed by atoms with Gasteiger partial charge in [-0.05, 0) is 70.6 Å². The number of benzene rings is 2. The fourth-order valence-electron chi connectivity index (χ4n) is 3.20. The quantitative estimate of drug-likeness (QED) is 0.414. The average Bonchev–Trinajstić information content (AvgIpc) is 2.81. The zero-order chi connectivity index (χ0) is 13.9. The van der Waals surface area contributed by atoms with E-state index < -0.39 is 0 Å². The molecule has 98 valence electrons. The largest absolute Gasteiger partial charge is 0.348 e. The summed E-state index contributed by atoms with van der Waals surface area (Å²) in [6, 6.07) is 17.9. The Morgan fingerprint density at radius 1 is 0.750 bits per heavy atom. The molecule has 0 aliphatic carbocycles. The molecule has 0 fully saturated rings. The van der Waals surface area contributed by atoms with E-state index in [2.05, 4.69) is 74.0 Å². The lowest BCUT2D eigenvalue weighted by Gasteiger charge is -2.13. The zero-order valence-corrected chi connectivity index (χ0v) is 12.1. The smallest absolute Gasteiger partial charge is 0.0485 e. The van der Waals surface area contributed by atoms with Gasteiger partial charge in [0.2, 0.25) is 0 Å². The first-order valence-corrected chi connectivity index (χ1v) is 7.03. The maximum Gasteiger partial charge on any atom is 0.0485 e. The summed E-state index contributed by atoms with van der Waals surface area (Å²) >= 11 is 0. The van der Waals surface area contributed by atoms with Gasteiger partial charge in [-0.2, -0.15) is 0 Å². The number of fused-ring (bicyclic) bond motifs is 4. The molecule has 0 spiro atoms. The van der Waals surface area contributed by atoms with Crippen LogP contribution in [0.15, 0.2) is 48.5 Å². The Labute approximate surface area is 118 Å². The van der Waals surface area contributed by atoms with Gasteiger partial charge in [-0.3, -0.25) is 0 Å². The third-order valence-corrected chi connectivity index (χ3v) is 4.57. The normalized spacial score (nSPS) is 11.8. The van der Waals surface area contributed by atoms with Crippen LogP contribution in [0.25, 0.3) is 32.4 Å². The Hall–Kier alpha value is -2.28. The first-order valence-electron chi connectivity index (χ1n) is 7.03. The van der Waals surface area contributed by atoms with Crippen LogP contribution >= 0.6 is 0 Å². The predicted octanol–water partition coefficient (Wildman–Crippen LogP) is 5.10. The minimum Gasteiger partial charge on any atom is -0.348 e. The van der Waals surface area contributed by atoms with Gasteiger partial charge in [0, 0.05) is 18.3 Å². The molecule has 0 radical (unpaired) electrons. The van der Waals surface area contributed by atoms with E-state index in [1.807, 2.05) is 0 Å². The van der Waals surface area contributed by atoms with E-state index in [1.54, 1.807) is 0 Å². The highest BCUT2D eigenvalue weighted by atomic mass is 14.9. The summed E-state index contributed by atoms with van der Waals surface area (Å²) in [5, 5.41) is 6.69. The molecule has 0 saturated heterocycles. The lowest BCUT2D eigenvalue weighted by atomic mass is 10.1. The Balaban J connectivity index is 2.24. The zero-order valence-electron chi connectivity index (χ0n) is 12.1. The molecule has 0 unspecified atom stereocenters. The van der Waals surface area contributed by atoms with E-state index in [9.17, 15) is 0 Å². The lowest BCUT2D eigenvalue weighted by Crippen LogP contribution is -2.00. The van der Waals surface area contributed by atoms with Gasteiger partial charge in [-0.1, -0.05) is 24.3 Å². The monoisotopic (exact) mass is 259 g/mol. The Morgan fingerprint density at radius 3 is 2.40 bits per heavy atom. The van der Waals surface area contributed by atoms with E-state index in [1.165, 1.54) is 43.7 Å². The molecule has 3 aromatic carbocycles. The number of hydrogen-bond donors (Lipinski definition) is 0. The second kappa shape index (κ2) is 3.86. The number of rotatable bonds is 0. The highest BCUT2D eigenvalue weighted by Crippen LogP contribution is 2.32. The van der Waals surface area contributed by atoms with Gasteiger partial charge >= 0.3 is 0 Å². The summed E-state index contributed by atoms with van der Waals surface area (Å²) in [5.41, 5.74) is 3.97. The van der Waals surface area contributed by atoms with Gasteiger partial charge in [0.25, 0.3) is 0 Å². The molecular weight excluding hydrogens is 242 g/mol. The number of aryl methyl sites for hydroxylation is 2. The molecule has 0 bridgehead atoms. The van der Waals surface area contributed by atoms with Gasteiger partial charge in [0.1, 0.15) is 0 Å². The molecule has 1 nitrogen and oxygen atoms in total. The minimum absolute atomic E-state index is 1.30. The van der Waals surface area contributed by atoms with E-state index >= 15 is 0 Å². The van der Waals surface area contributed by atoms with Crippen LogP contribution in [0, 0.1) is 13.8 Å². The summed E-state index contributed by atoms with van der Waals surface area (Å²) in [5.74, 6) is 0. The molecule has 0 aliphatic rings. The van der Waals surface area contributed by atoms with Crippen LogP contribution in [0.2, 0.25) is 0 Å². The van der Waals surface area contributed by atoms with E-state index in [0.29, 0.717) is 0 Å². The highest BCUT2D eigenvalue weighted by molar-refractivity contribution is 6.15. The first-order chi connectivity index (χ1) is 9.65. The molecule has 0 N–H and O–H groups in total. The number of nitrogens with zero attached hydrogens (tertiary/aromatic N) is 1. The Morgan fingerprint density at radius 2 is 1.55 bits per heavy atom. The van der Waals surface area contributed by atoms with Crippen LogP contribution in [-0.4, -0.2) is 4.57 Å². The number of pyridine rings is 1. The van der Waals surface area contributed by atoms with Crippen LogP contribution in [0.3, 0.4) is 0 Å². The van der Waals surface area contributed by atoms with Crippen molar-refractivity contribution < 1.29 is 0 Å². The van der Waals surface area contributed by atoms with Crippen molar-refractivity contribution in [2.24, 2.45) is 7.05 Å². The lowest BCUT2D eigenvalue weighted by molar-refractivity contribution is 0.889. The van der Waals surface area contributed by atoms with Crippen LogP contribution in [0.4, 0.5) is 0 Å². The van der Waals surface area contributed by atoms with Crippen molar-refractivity contribution in [3.63, 3.8) is 0 Å². The molecule has 0 aliphatic heterocycles. The molecule has 1 aromatic heterocycles. The van der Waals surface area contributed by atoms with Crippen molar-refractivity contribution >= 4 is 32.4 Å². The SMILES string of the molecule is Cc1cc2cc3c(cc4ccccc43)cc2n(C)c1C. The fourth-order valence-corrected chi connectivity index (χ4v) is 3.20. The highest BCUT2D eigenvalue weighted by Gasteiger charge is 2.08. The van der Waals surface area contributed by atoms with E-state index in [-0.39, 0.29) is 0 Å². The summed E-state index contributed by atoms with van der Waals surface area (Å²) in [7, 11) is 2.15. The first kappa shape index (κ1) is 11.5. The van der Waals surface area contributed by atoms with Crippen LogP contribution in [-0.2, 0) is 7.05 Å². The van der Waals surface area contributed by atoms with Crippen molar-refractivity contribution in [1.82, 2.24) is 4.57 Å². The molecule has 1 heteroatoms. The van der Waals surface area contributed by atoms with Gasteiger partial charge in [-0.25, -0.2) is 0 Å². The average molecular weight is 259 g/mol. The van der Waals surface area contributed by atoms with Gasteiger partial charge in [0.05, 0.1) is 0 Å². The summed E-state index contributed by atoms with van der Waals surface area (Å²) in [6.45, 7) is 4.36.